The third kappa shape index (κ3) is 4.05. The minimum Gasteiger partial charge on any atom is -0.508 e. The smallest absolute Gasteiger partial charge is 0.345 e. The second-order valence-electron chi connectivity index (χ2n) is 8.18. The lowest BCUT2D eigenvalue weighted by Gasteiger charge is -2.21. The van der Waals surface area contributed by atoms with Crippen LogP contribution in [0.1, 0.15) is 23.6 Å². The first-order valence-corrected chi connectivity index (χ1v) is 12.6. The van der Waals surface area contributed by atoms with Crippen LogP contribution in [0.3, 0.4) is 0 Å². The molecule has 3 heterocycles. The van der Waals surface area contributed by atoms with Crippen LogP contribution in [-0.2, 0) is 0 Å². The van der Waals surface area contributed by atoms with Gasteiger partial charge >= 0.3 is 5.63 Å². The molecule has 0 radical (unpaired) electrons. The van der Waals surface area contributed by atoms with Gasteiger partial charge in [-0.2, -0.15) is 5.10 Å². The number of rotatable bonds is 4. The van der Waals surface area contributed by atoms with Gasteiger partial charge in [0.2, 0.25) is 5.13 Å². The monoisotopic (exact) mass is 543 g/mol. The fourth-order valence-electron chi connectivity index (χ4n) is 4.25. The summed E-state index contributed by atoms with van der Waals surface area (Å²) in [5, 5.41) is 20.7. The van der Waals surface area contributed by atoms with Gasteiger partial charge in [-0.1, -0.05) is 64.5 Å². The summed E-state index contributed by atoms with van der Waals surface area (Å²) in [7, 11) is 0. The Bertz CT molecular complexity index is 1640. The quantitative estimate of drug-likeness (QED) is 0.254. The fourth-order valence-corrected chi connectivity index (χ4v) is 5.34. The highest BCUT2D eigenvalue weighted by molar-refractivity contribution is 9.10. The van der Waals surface area contributed by atoms with Gasteiger partial charge in [0, 0.05) is 32.8 Å². The molecule has 0 fully saturated rings. The molecule has 0 bridgehead atoms. The van der Waals surface area contributed by atoms with E-state index in [9.17, 15) is 9.90 Å². The van der Waals surface area contributed by atoms with Crippen molar-refractivity contribution < 1.29 is 9.52 Å². The molecule has 0 spiro atoms. The largest absolute Gasteiger partial charge is 0.508 e. The van der Waals surface area contributed by atoms with Crippen LogP contribution < -0.4 is 10.6 Å². The van der Waals surface area contributed by atoms with Crippen LogP contribution in [0.5, 0.6) is 5.75 Å². The number of aromatic hydroxyl groups is 1. The van der Waals surface area contributed by atoms with Gasteiger partial charge in [0.15, 0.2) is 0 Å². The number of hydrogen-bond acceptors (Lipinski definition) is 7. The van der Waals surface area contributed by atoms with Crippen LogP contribution >= 0.6 is 27.3 Å². The maximum absolute atomic E-state index is 12.9. The molecule has 35 heavy (non-hydrogen) atoms. The molecule has 6 nitrogen and oxygen atoms in total. The number of phenolic OH excluding ortho intramolecular Hbond substituents is 1. The van der Waals surface area contributed by atoms with Gasteiger partial charge in [-0.3, -0.25) is 0 Å². The van der Waals surface area contributed by atoms with Crippen molar-refractivity contribution in [3.8, 4) is 17.0 Å². The van der Waals surface area contributed by atoms with E-state index in [1.807, 2.05) is 66.0 Å². The van der Waals surface area contributed by atoms with E-state index in [0.717, 1.165) is 26.7 Å². The van der Waals surface area contributed by atoms with Crippen LogP contribution in [0.2, 0.25) is 0 Å². The van der Waals surface area contributed by atoms with Crippen molar-refractivity contribution in [3.63, 3.8) is 0 Å². The number of nitrogens with zero attached hydrogens (tertiary/aromatic N) is 3. The first-order chi connectivity index (χ1) is 17.1. The second kappa shape index (κ2) is 8.79. The Balaban J connectivity index is 1.45. The summed E-state index contributed by atoms with van der Waals surface area (Å²) in [6, 6.07) is 24.1. The van der Waals surface area contributed by atoms with Crippen LogP contribution in [0.25, 0.3) is 22.2 Å². The van der Waals surface area contributed by atoms with Crippen molar-refractivity contribution in [2.24, 2.45) is 5.10 Å². The van der Waals surface area contributed by atoms with Gasteiger partial charge in [0.05, 0.1) is 23.0 Å². The lowest BCUT2D eigenvalue weighted by molar-refractivity contribution is 0.461. The highest BCUT2D eigenvalue weighted by Crippen LogP contribution is 2.41. The molecule has 5 aromatic rings. The molecule has 172 valence electrons. The molecule has 1 aliphatic heterocycles. The average Bonchev–Trinajstić information content (AvgIpc) is 3.52. The summed E-state index contributed by atoms with van der Waals surface area (Å²) in [6.07, 6.45) is 0.424. The highest BCUT2D eigenvalue weighted by atomic mass is 79.9. The van der Waals surface area contributed by atoms with Gasteiger partial charge < -0.3 is 9.52 Å². The molecule has 8 heteroatoms. The zero-order valence-electron chi connectivity index (χ0n) is 18.3. The van der Waals surface area contributed by atoms with Gasteiger partial charge in [0.1, 0.15) is 11.3 Å². The Morgan fingerprint density at radius 1 is 1.03 bits per heavy atom. The van der Waals surface area contributed by atoms with Crippen LogP contribution in [-0.4, -0.2) is 15.8 Å². The van der Waals surface area contributed by atoms with Crippen molar-refractivity contribution in [2.45, 2.75) is 12.5 Å². The number of thiazole rings is 1. The van der Waals surface area contributed by atoms with Crippen molar-refractivity contribution in [3.05, 3.63) is 110 Å². The summed E-state index contributed by atoms with van der Waals surface area (Å²) in [5.41, 5.74) is 3.66. The minimum atomic E-state index is -0.435. The number of para-hydroxylation sites is 2. The minimum absolute atomic E-state index is 0.175. The van der Waals surface area contributed by atoms with Crippen LogP contribution in [0.4, 0.5) is 5.13 Å². The average molecular weight is 544 g/mol. The Morgan fingerprint density at radius 2 is 1.80 bits per heavy atom. The van der Waals surface area contributed by atoms with Crippen LogP contribution in [0, 0.1) is 0 Å². The van der Waals surface area contributed by atoms with Crippen molar-refractivity contribution in [2.75, 3.05) is 5.01 Å². The summed E-state index contributed by atoms with van der Waals surface area (Å²) in [5.74, 6) is 0.175. The van der Waals surface area contributed by atoms with Crippen molar-refractivity contribution in [1.29, 1.82) is 0 Å². The number of fused-ring (bicyclic) bond motifs is 1. The topological polar surface area (TPSA) is 78.9 Å². The van der Waals surface area contributed by atoms with Gasteiger partial charge in [0.25, 0.3) is 0 Å². The molecule has 3 aromatic carbocycles. The Labute approximate surface area is 212 Å². The number of benzene rings is 3. The zero-order valence-corrected chi connectivity index (χ0v) is 20.7. The molecule has 1 unspecified atom stereocenters. The highest BCUT2D eigenvalue weighted by Gasteiger charge is 2.34. The molecule has 0 amide bonds. The Morgan fingerprint density at radius 3 is 2.63 bits per heavy atom. The molecule has 6 rings (SSSR count). The molecule has 1 N–H and O–H groups in total. The predicted molar refractivity (Wildman–Crippen MR) is 142 cm³/mol. The Kier molecular flexibility index (Phi) is 5.47. The maximum atomic E-state index is 12.9. The normalized spacial score (nSPS) is 15.5. The summed E-state index contributed by atoms with van der Waals surface area (Å²) in [4.78, 5) is 17.7. The Hall–Kier alpha value is -3.75. The summed E-state index contributed by atoms with van der Waals surface area (Å²) >= 11 is 4.93. The van der Waals surface area contributed by atoms with E-state index in [0.29, 0.717) is 28.4 Å². The summed E-state index contributed by atoms with van der Waals surface area (Å²) < 4.78 is 6.56. The molecule has 0 saturated heterocycles. The molecule has 0 aliphatic carbocycles. The number of aromatic nitrogens is 1. The molecule has 1 atom stereocenters. The number of hydrogen-bond donors (Lipinski definition) is 1. The predicted octanol–water partition coefficient (Wildman–Crippen LogP) is 6.74. The van der Waals surface area contributed by atoms with Crippen LogP contribution in [0.15, 0.2) is 103 Å². The third-order valence-electron chi connectivity index (χ3n) is 5.99. The first kappa shape index (κ1) is 21.8. The maximum Gasteiger partial charge on any atom is 0.345 e. The number of hydrazone groups is 1. The van der Waals surface area contributed by atoms with E-state index in [4.69, 9.17) is 14.5 Å². The number of phenols is 1. The van der Waals surface area contributed by atoms with Crippen molar-refractivity contribution in [1.82, 2.24) is 4.98 Å². The van der Waals surface area contributed by atoms with E-state index in [1.165, 1.54) is 11.3 Å². The third-order valence-corrected chi connectivity index (χ3v) is 7.35. The standard InChI is InChI=1S/C27H18BrN3O3S/c28-18-11-9-16(10-12-18)22-15-35-27(29-22)31-23(19-6-2-3-7-24(19)32)14-21(30-31)20-13-17-5-1-4-8-25(17)34-26(20)33/h1-13,15,23,32H,14H2. The fraction of sp³-hybridized carbons (Fsp3) is 0.0741. The molecular weight excluding hydrogens is 526 g/mol. The molecule has 2 aromatic heterocycles. The van der Waals surface area contributed by atoms with Gasteiger partial charge in [-0.25, -0.2) is 14.8 Å². The lowest BCUT2D eigenvalue weighted by Crippen LogP contribution is -2.18. The first-order valence-electron chi connectivity index (χ1n) is 11.0. The van der Waals surface area contributed by atoms with E-state index >= 15 is 0 Å². The molecule has 1 aliphatic rings. The van der Waals surface area contributed by atoms with E-state index in [2.05, 4.69) is 15.9 Å². The summed E-state index contributed by atoms with van der Waals surface area (Å²) in [6.45, 7) is 0. The van der Waals surface area contributed by atoms with E-state index in [-0.39, 0.29) is 11.8 Å². The number of anilines is 1. The van der Waals surface area contributed by atoms with E-state index < -0.39 is 5.63 Å². The number of halogens is 1. The molecular formula is C27H18BrN3O3S. The lowest BCUT2D eigenvalue weighted by atomic mass is 9.98. The van der Waals surface area contributed by atoms with Crippen molar-refractivity contribution >= 4 is 49.1 Å². The van der Waals surface area contributed by atoms with E-state index in [1.54, 1.807) is 23.2 Å². The SMILES string of the molecule is O=c1oc2ccccc2cc1C1=NN(c2nc(-c3ccc(Br)cc3)cs2)C(c2ccccc2O)C1. The zero-order chi connectivity index (χ0) is 23.9. The van der Waals surface area contributed by atoms with Gasteiger partial charge in [-0.05, 0) is 30.3 Å². The molecule has 0 saturated carbocycles. The second-order valence-corrected chi connectivity index (χ2v) is 9.93. The van der Waals surface area contributed by atoms with Gasteiger partial charge in [-0.15, -0.1) is 11.3 Å².